The molecule has 1 heterocycles. The zero-order valence-corrected chi connectivity index (χ0v) is 7.95. The number of rotatable bonds is 2. The molecule has 0 aromatic carbocycles. The molecule has 4 nitrogen and oxygen atoms in total. The molecule has 2 rings (SSSR count). The fraction of sp³-hybridized carbons (Fsp3) is 0.600. The molecule has 0 aromatic heterocycles. The van der Waals surface area contributed by atoms with Gasteiger partial charge in [-0.1, -0.05) is 0 Å². The Morgan fingerprint density at radius 1 is 1.79 bits per heavy atom. The smallest absolute Gasteiger partial charge is 0.348 e. The molecule has 74 valence electrons. The number of carbonyl (C=O) groups excluding carboxylic acids is 1. The molecule has 0 radical (unpaired) electrons. The van der Waals surface area contributed by atoms with Crippen LogP contribution in [0.25, 0.3) is 0 Å². The maximum absolute atomic E-state index is 11.4. The molecule has 14 heavy (non-hydrogen) atoms. The van der Waals surface area contributed by atoms with Crippen molar-refractivity contribution in [1.29, 1.82) is 5.26 Å². The minimum Gasteiger partial charge on any atom is -0.462 e. The van der Waals surface area contributed by atoms with Gasteiger partial charge >= 0.3 is 5.97 Å². The Morgan fingerprint density at radius 2 is 2.57 bits per heavy atom. The van der Waals surface area contributed by atoms with E-state index in [2.05, 4.69) is 0 Å². The third-order valence-electron chi connectivity index (χ3n) is 2.54. The van der Waals surface area contributed by atoms with E-state index >= 15 is 0 Å². The molecular weight excluding hydrogens is 182 g/mol. The molecule has 0 aromatic rings. The van der Waals surface area contributed by atoms with Gasteiger partial charge in [0.15, 0.2) is 0 Å². The highest BCUT2D eigenvalue weighted by molar-refractivity contribution is 5.94. The number of esters is 1. The van der Waals surface area contributed by atoms with E-state index in [4.69, 9.17) is 14.7 Å². The summed E-state index contributed by atoms with van der Waals surface area (Å²) < 4.78 is 10.1. The zero-order valence-electron chi connectivity index (χ0n) is 7.95. The lowest BCUT2D eigenvalue weighted by molar-refractivity contribution is -0.138. The Hall–Kier alpha value is -1.34. The van der Waals surface area contributed by atoms with Gasteiger partial charge in [0.2, 0.25) is 0 Å². The highest BCUT2D eigenvalue weighted by atomic mass is 16.6. The van der Waals surface area contributed by atoms with Crippen LogP contribution in [0.3, 0.4) is 0 Å². The molecule has 4 heteroatoms. The number of hydrogen-bond acceptors (Lipinski definition) is 4. The van der Waals surface area contributed by atoms with Crippen molar-refractivity contribution in [2.75, 3.05) is 6.61 Å². The molecule has 2 fully saturated rings. The Bertz CT molecular complexity index is 340. The minimum absolute atomic E-state index is 0.0223. The second kappa shape index (κ2) is 3.43. The van der Waals surface area contributed by atoms with E-state index < -0.39 is 5.97 Å². The third-order valence-corrected chi connectivity index (χ3v) is 2.54. The second-order valence-corrected chi connectivity index (χ2v) is 3.37. The van der Waals surface area contributed by atoms with E-state index in [1.807, 2.05) is 6.07 Å². The number of hydrogen-bond donors (Lipinski definition) is 0. The third kappa shape index (κ3) is 1.40. The number of fused-ring (bicyclic) bond motifs is 1. The summed E-state index contributed by atoms with van der Waals surface area (Å²) in [6.45, 7) is 2.02. The van der Waals surface area contributed by atoms with E-state index in [9.17, 15) is 4.79 Å². The van der Waals surface area contributed by atoms with Crippen LogP contribution in [0.4, 0.5) is 0 Å². The van der Waals surface area contributed by atoms with Gasteiger partial charge in [0.1, 0.15) is 17.7 Å². The van der Waals surface area contributed by atoms with Crippen molar-refractivity contribution in [2.24, 2.45) is 0 Å². The van der Waals surface area contributed by atoms with Crippen molar-refractivity contribution in [3.05, 3.63) is 11.1 Å². The number of nitrogens with zero attached hydrogens (tertiary/aromatic N) is 1. The molecule has 1 aliphatic heterocycles. The molecule has 0 N–H and O–H groups in total. The summed E-state index contributed by atoms with van der Waals surface area (Å²) in [6.07, 6.45) is 1.98. The molecule has 0 amide bonds. The number of nitriles is 1. The average molecular weight is 193 g/mol. The van der Waals surface area contributed by atoms with Gasteiger partial charge in [0, 0.05) is 0 Å². The first kappa shape index (κ1) is 9.22. The maximum atomic E-state index is 11.4. The monoisotopic (exact) mass is 193 g/mol. The van der Waals surface area contributed by atoms with E-state index in [0.29, 0.717) is 6.61 Å². The predicted molar refractivity (Wildman–Crippen MR) is 47.2 cm³/mol. The molecule has 1 saturated carbocycles. The second-order valence-electron chi connectivity index (χ2n) is 3.37. The van der Waals surface area contributed by atoms with Gasteiger partial charge in [0.05, 0.1) is 12.7 Å². The van der Waals surface area contributed by atoms with Crippen molar-refractivity contribution >= 4 is 5.97 Å². The van der Waals surface area contributed by atoms with Gasteiger partial charge in [-0.05, 0) is 25.3 Å². The van der Waals surface area contributed by atoms with E-state index in [1.165, 1.54) is 0 Å². The van der Waals surface area contributed by atoms with Crippen molar-refractivity contribution < 1.29 is 14.3 Å². The first-order chi connectivity index (χ1) is 6.77. The van der Waals surface area contributed by atoms with Crippen LogP contribution >= 0.6 is 0 Å². The Morgan fingerprint density at radius 3 is 3.00 bits per heavy atom. The first-order valence-electron chi connectivity index (χ1n) is 4.73. The maximum Gasteiger partial charge on any atom is 0.348 e. The van der Waals surface area contributed by atoms with Crippen LogP contribution in [0, 0.1) is 11.3 Å². The zero-order chi connectivity index (χ0) is 10.1. The van der Waals surface area contributed by atoms with Crippen molar-refractivity contribution in [1.82, 2.24) is 0 Å². The van der Waals surface area contributed by atoms with Crippen LogP contribution < -0.4 is 0 Å². The molecule has 2 unspecified atom stereocenters. The van der Waals surface area contributed by atoms with Crippen LogP contribution in [0.2, 0.25) is 0 Å². The average Bonchev–Trinajstić information content (AvgIpc) is 2.84. The molecule has 1 saturated heterocycles. The van der Waals surface area contributed by atoms with Crippen molar-refractivity contribution in [2.45, 2.75) is 32.0 Å². The molecule has 1 aliphatic carbocycles. The fourth-order valence-electron chi connectivity index (χ4n) is 1.83. The molecule has 0 spiro atoms. The van der Waals surface area contributed by atoms with Crippen LogP contribution in [0.5, 0.6) is 0 Å². The summed E-state index contributed by atoms with van der Waals surface area (Å²) >= 11 is 0. The SMILES string of the molecule is CCOC(=O)/C(C#N)=C1\CCC2OC12. The largest absolute Gasteiger partial charge is 0.462 e. The lowest BCUT2D eigenvalue weighted by Gasteiger charge is -2.03. The lowest BCUT2D eigenvalue weighted by Crippen LogP contribution is -2.10. The quantitative estimate of drug-likeness (QED) is 0.283. The fourth-order valence-corrected chi connectivity index (χ4v) is 1.83. The number of carbonyl (C=O) groups is 1. The highest BCUT2D eigenvalue weighted by Gasteiger charge is 2.48. The van der Waals surface area contributed by atoms with Crippen LogP contribution in [0.15, 0.2) is 11.1 Å². The van der Waals surface area contributed by atoms with Gasteiger partial charge in [-0.3, -0.25) is 0 Å². The first-order valence-corrected chi connectivity index (χ1v) is 4.73. The minimum atomic E-state index is -0.513. The highest BCUT2D eigenvalue weighted by Crippen LogP contribution is 2.43. The van der Waals surface area contributed by atoms with Crippen LogP contribution in [-0.4, -0.2) is 24.8 Å². The molecular formula is C10H11NO3. The normalized spacial score (nSPS) is 31.7. The molecule has 2 atom stereocenters. The van der Waals surface area contributed by atoms with Crippen molar-refractivity contribution in [3.8, 4) is 6.07 Å². The van der Waals surface area contributed by atoms with Gasteiger partial charge in [0.25, 0.3) is 0 Å². The predicted octanol–water partition coefficient (Wildman–Crippen LogP) is 0.931. The Labute approximate surface area is 82.1 Å². The summed E-state index contributed by atoms with van der Waals surface area (Å²) in [7, 11) is 0. The Balaban J connectivity index is 2.20. The van der Waals surface area contributed by atoms with Gasteiger partial charge in [-0.15, -0.1) is 0 Å². The molecule has 2 aliphatic rings. The topological polar surface area (TPSA) is 62.6 Å². The standard InChI is InChI=1S/C10H11NO3/c1-2-13-10(12)7(5-11)6-3-4-8-9(6)14-8/h8-9H,2-4H2,1H3/b7-6+. The van der Waals surface area contributed by atoms with Crippen LogP contribution in [-0.2, 0) is 14.3 Å². The van der Waals surface area contributed by atoms with Gasteiger partial charge in [-0.25, -0.2) is 4.79 Å². The van der Waals surface area contributed by atoms with Gasteiger partial charge < -0.3 is 9.47 Å². The van der Waals surface area contributed by atoms with Crippen LogP contribution in [0.1, 0.15) is 19.8 Å². The number of ether oxygens (including phenoxy) is 2. The summed E-state index contributed by atoms with van der Waals surface area (Å²) in [5, 5.41) is 8.86. The summed E-state index contributed by atoms with van der Waals surface area (Å²) in [5.74, 6) is -0.513. The summed E-state index contributed by atoms with van der Waals surface area (Å²) in [4.78, 5) is 11.4. The van der Waals surface area contributed by atoms with Gasteiger partial charge in [-0.2, -0.15) is 5.26 Å². The van der Waals surface area contributed by atoms with E-state index in [0.717, 1.165) is 18.4 Å². The summed E-state index contributed by atoms with van der Waals surface area (Å²) in [5.41, 5.74) is 0.979. The van der Waals surface area contributed by atoms with E-state index in [-0.39, 0.29) is 17.8 Å². The lowest BCUT2D eigenvalue weighted by atomic mass is 10.1. The Kier molecular flexibility index (Phi) is 2.26. The number of epoxide rings is 1. The van der Waals surface area contributed by atoms with Crippen molar-refractivity contribution in [3.63, 3.8) is 0 Å². The molecule has 0 bridgehead atoms. The van der Waals surface area contributed by atoms with E-state index in [1.54, 1.807) is 6.92 Å². The summed E-state index contributed by atoms with van der Waals surface area (Å²) in [6, 6.07) is 1.91.